The van der Waals surface area contributed by atoms with Crippen LogP contribution in [0.1, 0.15) is 19.8 Å². The zero-order valence-corrected chi connectivity index (χ0v) is 14.1. The summed E-state index contributed by atoms with van der Waals surface area (Å²) in [6.07, 6.45) is 2.02. The number of hydrogen-bond acceptors (Lipinski definition) is 3. The van der Waals surface area contributed by atoms with Crippen LogP contribution in [0.25, 0.3) is 0 Å². The van der Waals surface area contributed by atoms with Gasteiger partial charge in [0.2, 0.25) is 0 Å². The molecule has 0 radical (unpaired) electrons. The van der Waals surface area contributed by atoms with Gasteiger partial charge in [-0.05, 0) is 37.8 Å². The van der Waals surface area contributed by atoms with Gasteiger partial charge in [-0.1, -0.05) is 32.6 Å². The van der Waals surface area contributed by atoms with E-state index in [4.69, 9.17) is 0 Å². The molecule has 1 aliphatic rings. The molecule has 2 unspecified atom stereocenters. The van der Waals surface area contributed by atoms with E-state index in [9.17, 15) is 8.42 Å². The second kappa shape index (κ2) is 6.53. The predicted octanol–water partition coefficient (Wildman–Crippen LogP) is 2.38. The highest BCUT2D eigenvalue weighted by Crippen LogP contribution is 2.31. The summed E-state index contributed by atoms with van der Waals surface area (Å²) in [4.78, 5) is 0. The van der Waals surface area contributed by atoms with Crippen molar-refractivity contribution in [1.29, 1.82) is 0 Å². The zero-order chi connectivity index (χ0) is 13.8. The topological polar surface area (TPSA) is 46.2 Å². The first-order valence-corrected chi connectivity index (χ1v) is 12.7. The first-order chi connectivity index (χ1) is 8.23. The summed E-state index contributed by atoms with van der Waals surface area (Å²) in [6.45, 7) is 11.3. The molecule has 0 amide bonds. The minimum atomic E-state index is -2.74. The molecule has 3 nitrogen and oxygen atoms in total. The monoisotopic (exact) mass is 291 g/mol. The minimum absolute atomic E-state index is 0.395. The van der Waals surface area contributed by atoms with Crippen LogP contribution in [0.3, 0.4) is 0 Å². The van der Waals surface area contributed by atoms with Gasteiger partial charge >= 0.3 is 0 Å². The van der Waals surface area contributed by atoms with Crippen molar-refractivity contribution in [3.8, 4) is 0 Å². The highest BCUT2D eigenvalue weighted by atomic mass is 32.2. The van der Waals surface area contributed by atoms with Gasteiger partial charge in [-0.15, -0.1) is 0 Å². The van der Waals surface area contributed by atoms with Crippen molar-refractivity contribution in [2.45, 2.75) is 45.5 Å². The smallest absolute Gasteiger partial charge is 0.150 e. The summed E-state index contributed by atoms with van der Waals surface area (Å²) >= 11 is 0. The summed E-state index contributed by atoms with van der Waals surface area (Å²) in [7, 11) is -3.87. The fourth-order valence-electron chi connectivity index (χ4n) is 2.85. The van der Waals surface area contributed by atoms with Crippen molar-refractivity contribution in [2.24, 2.45) is 11.8 Å². The van der Waals surface area contributed by atoms with Gasteiger partial charge in [0.05, 0.1) is 11.5 Å². The van der Waals surface area contributed by atoms with Crippen molar-refractivity contribution >= 4 is 17.9 Å². The Balaban J connectivity index is 2.59. The molecule has 0 saturated carbocycles. The molecule has 1 N–H and O–H groups in total. The molecule has 0 aromatic carbocycles. The Morgan fingerprint density at radius 2 is 2.00 bits per heavy atom. The molecule has 1 aliphatic heterocycles. The standard InChI is InChI=1S/C13H29NO2SSi/c1-5-7-14-9-13(11-18(2,3)4)12-6-8-17(15,16)10-12/h12-14H,5-11H2,1-4H3. The highest BCUT2D eigenvalue weighted by molar-refractivity contribution is 7.91. The average Bonchev–Trinajstić information content (AvgIpc) is 2.56. The summed E-state index contributed by atoms with van der Waals surface area (Å²) in [5.41, 5.74) is 0. The Morgan fingerprint density at radius 1 is 1.33 bits per heavy atom. The molecule has 1 heterocycles. The highest BCUT2D eigenvalue weighted by Gasteiger charge is 2.35. The molecule has 0 aromatic heterocycles. The van der Waals surface area contributed by atoms with Crippen LogP contribution in [0.2, 0.25) is 25.7 Å². The van der Waals surface area contributed by atoms with Crippen LogP contribution in [0, 0.1) is 11.8 Å². The van der Waals surface area contributed by atoms with Gasteiger partial charge in [-0.25, -0.2) is 8.42 Å². The van der Waals surface area contributed by atoms with Crippen molar-refractivity contribution in [3.63, 3.8) is 0 Å². The van der Waals surface area contributed by atoms with Crippen LogP contribution in [0.4, 0.5) is 0 Å². The first-order valence-electron chi connectivity index (χ1n) is 7.14. The van der Waals surface area contributed by atoms with Crippen LogP contribution in [0.15, 0.2) is 0 Å². The maximum atomic E-state index is 11.6. The second-order valence-electron chi connectivity index (χ2n) is 6.89. The third-order valence-corrected chi connectivity index (χ3v) is 7.19. The molecule has 1 rings (SSSR count). The summed E-state index contributed by atoms with van der Waals surface area (Å²) < 4.78 is 23.3. The Bertz CT molecular complexity index is 348. The van der Waals surface area contributed by atoms with E-state index in [2.05, 4.69) is 31.9 Å². The summed E-state index contributed by atoms with van der Waals surface area (Å²) in [5.74, 6) is 1.79. The van der Waals surface area contributed by atoms with Crippen LogP contribution in [-0.4, -0.2) is 41.1 Å². The zero-order valence-electron chi connectivity index (χ0n) is 12.3. The summed E-state index contributed by atoms with van der Waals surface area (Å²) in [5, 5.41) is 3.49. The van der Waals surface area contributed by atoms with E-state index in [1.54, 1.807) is 0 Å². The van der Waals surface area contributed by atoms with E-state index in [0.29, 0.717) is 23.3 Å². The Morgan fingerprint density at radius 3 is 2.44 bits per heavy atom. The third-order valence-electron chi connectivity index (χ3n) is 3.64. The minimum Gasteiger partial charge on any atom is -0.316 e. The van der Waals surface area contributed by atoms with Gasteiger partial charge < -0.3 is 5.32 Å². The van der Waals surface area contributed by atoms with Gasteiger partial charge in [0.25, 0.3) is 0 Å². The largest absolute Gasteiger partial charge is 0.316 e. The molecule has 108 valence electrons. The van der Waals surface area contributed by atoms with E-state index in [0.717, 1.165) is 25.9 Å². The average molecular weight is 292 g/mol. The molecular weight excluding hydrogens is 262 g/mol. The Labute approximate surface area is 114 Å². The number of sulfone groups is 1. The van der Waals surface area contributed by atoms with Gasteiger partial charge in [-0.2, -0.15) is 0 Å². The van der Waals surface area contributed by atoms with Crippen molar-refractivity contribution in [3.05, 3.63) is 0 Å². The van der Waals surface area contributed by atoms with E-state index < -0.39 is 17.9 Å². The molecule has 0 spiro atoms. The molecule has 2 atom stereocenters. The molecule has 0 bridgehead atoms. The Hall–Kier alpha value is 0.127. The second-order valence-corrected chi connectivity index (χ2v) is 14.7. The van der Waals surface area contributed by atoms with E-state index in [-0.39, 0.29) is 0 Å². The van der Waals surface area contributed by atoms with Crippen molar-refractivity contribution in [2.75, 3.05) is 24.6 Å². The number of nitrogens with one attached hydrogen (secondary N) is 1. The van der Waals surface area contributed by atoms with Crippen LogP contribution >= 0.6 is 0 Å². The first kappa shape index (κ1) is 16.2. The van der Waals surface area contributed by atoms with E-state index >= 15 is 0 Å². The lowest BCUT2D eigenvalue weighted by atomic mass is 9.93. The van der Waals surface area contributed by atoms with Crippen molar-refractivity contribution < 1.29 is 8.42 Å². The maximum Gasteiger partial charge on any atom is 0.150 e. The molecule has 1 fully saturated rings. The molecule has 1 saturated heterocycles. The van der Waals surface area contributed by atoms with Crippen molar-refractivity contribution in [1.82, 2.24) is 5.32 Å². The van der Waals surface area contributed by atoms with E-state index in [1.165, 1.54) is 6.04 Å². The lowest BCUT2D eigenvalue weighted by Gasteiger charge is -2.29. The van der Waals surface area contributed by atoms with Gasteiger partial charge in [0, 0.05) is 8.07 Å². The van der Waals surface area contributed by atoms with Crippen LogP contribution in [0.5, 0.6) is 0 Å². The maximum absolute atomic E-state index is 11.6. The van der Waals surface area contributed by atoms with E-state index in [1.807, 2.05) is 0 Å². The van der Waals surface area contributed by atoms with Gasteiger partial charge in [-0.3, -0.25) is 0 Å². The van der Waals surface area contributed by atoms with Gasteiger partial charge in [0.1, 0.15) is 0 Å². The fraction of sp³-hybridized carbons (Fsp3) is 1.00. The summed E-state index contributed by atoms with van der Waals surface area (Å²) in [6, 6.07) is 1.24. The quantitative estimate of drug-likeness (QED) is 0.578. The van der Waals surface area contributed by atoms with Crippen LogP contribution in [-0.2, 0) is 9.84 Å². The molecule has 5 heteroatoms. The SMILES string of the molecule is CCCNCC(C[Si](C)(C)C)C1CCS(=O)(=O)C1. The number of hydrogen-bond donors (Lipinski definition) is 1. The normalized spacial score (nSPS) is 25.2. The van der Waals surface area contributed by atoms with Crippen LogP contribution < -0.4 is 5.32 Å². The molecule has 0 aromatic rings. The lowest BCUT2D eigenvalue weighted by molar-refractivity contribution is 0.370. The fourth-order valence-corrected chi connectivity index (χ4v) is 6.82. The number of rotatable bonds is 7. The third kappa shape index (κ3) is 5.84. The molecule has 0 aliphatic carbocycles. The van der Waals surface area contributed by atoms with Gasteiger partial charge in [0.15, 0.2) is 9.84 Å². The lowest BCUT2D eigenvalue weighted by Crippen LogP contribution is -2.35. The molecule has 18 heavy (non-hydrogen) atoms. The molecular formula is C13H29NO2SSi. The Kier molecular flexibility index (Phi) is 5.87. The predicted molar refractivity (Wildman–Crippen MR) is 81.6 cm³/mol.